The molecule has 2 amide bonds. The van der Waals surface area contributed by atoms with Gasteiger partial charge in [0.25, 0.3) is 5.91 Å². The van der Waals surface area contributed by atoms with Crippen molar-refractivity contribution in [3.63, 3.8) is 0 Å². The molecule has 1 aromatic carbocycles. The van der Waals surface area contributed by atoms with Crippen LogP contribution in [0, 0.1) is 0 Å². The SMILES string of the molecule is CN(C)c1cccc(C(=O)N2CCC[C@@H]2C(N)=O)c1. The van der Waals surface area contributed by atoms with Gasteiger partial charge in [-0.25, -0.2) is 0 Å². The molecule has 102 valence electrons. The van der Waals surface area contributed by atoms with Crippen LogP contribution < -0.4 is 10.6 Å². The lowest BCUT2D eigenvalue weighted by atomic mass is 10.1. The van der Waals surface area contributed by atoms with Crippen LogP contribution in [0.2, 0.25) is 0 Å². The molecule has 0 unspecified atom stereocenters. The summed E-state index contributed by atoms with van der Waals surface area (Å²) in [5.74, 6) is -0.542. The topological polar surface area (TPSA) is 66.6 Å². The summed E-state index contributed by atoms with van der Waals surface area (Å²) in [7, 11) is 3.84. The summed E-state index contributed by atoms with van der Waals surface area (Å²) >= 11 is 0. The molecule has 5 heteroatoms. The minimum Gasteiger partial charge on any atom is -0.378 e. The van der Waals surface area contributed by atoms with Gasteiger partial charge in [0, 0.05) is 31.9 Å². The van der Waals surface area contributed by atoms with E-state index in [-0.39, 0.29) is 5.91 Å². The van der Waals surface area contributed by atoms with Gasteiger partial charge in [-0.2, -0.15) is 0 Å². The average molecular weight is 261 g/mol. The Kier molecular flexibility index (Phi) is 3.74. The number of likely N-dealkylation sites (tertiary alicyclic amines) is 1. The zero-order valence-corrected chi connectivity index (χ0v) is 11.3. The van der Waals surface area contributed by atoms with Crippen LogP contribution in [0.3, 0.4) is 0 Å². The first-order chi connectivity index (χ1) is 9.00. The van der Waals surface area contributed by atoms with Crippen molar-refractivity contribution < 1.29 is 9.59 Å². The van der Waals surface area contributed by atoms with E-state index < -0.39 is 11.9 Å². The highest BCUT2D eigenvalue weighted by molar-refractivity contribution is 5.98. The molecule has 2 rings (SSSR count). The van der Waals surface area contributed by atoms with Crippen molar-refractivity contribution in [3.8, 4) is 0 Å². The van der Waals surface area contributed by atoms with E-state index in [2.05, 4.69) is 0 Å². The molecule has 1 fully saturated rings. The van der Waals surface area contributed by atoms with Gasteiger partial charge in [-0.1, -0.05) is 6.07 Å². The molecule has 0 spiro atoms. The maximum Gasteiger partial charge on any atom is 0.254 e. The first-order valence-corrected chi connectivity index (χ1v) is 6.38. The predicted molar refractivity (Wildman–Crippen MR) is 74.0 cm³/mol. The van der Waals surface area contributed by atoms with Crippen LogP contribution >= 0.6 is 0 Å². The quantitative estimate of drug-likeness (QED) is 0.877. The van der Waals surface area contributed by atoms with E-state index in [0.29, 0.717) is 18.5 Å². The van der Waals surface area contributed by atoms with E-state index in [0.717, 1.165) is 12.1 Å². The van der Waals surface area contributed by atoms with Crippen LogP contribution in [0.15, 0.2) is 24.3 Å². The maximum absolute atomic E-state index is 12.4. The van der Waals surface area contributed by atoms with Gasteiger partial charge in [0.1, 0.15) is 6.04 Å². The van der Waals surface area contributed by atoms with Crippen molar-refractivity contribution in [1.82, 2.24) is 4.90 Å². The van der Waals surface area contributed by atoms with Crippen molar-refractivity contribution in [2.24, 2.45) is 5.73 Å². The lowest BCUT2D eigenvalue weighted by molar-refractivity contribution is -0.121. The number of amides is 2. The molecule has 0 bridgehead atoms. The molecule has 0 saturated carbocycles. The number of benzene rings is 1. The zero-order valence-electron chi connectivity index (χ0n) is 11.3. The standard InChI is InChI=1S/C14H19N3O2/c1-16(2)11-6-3-5-10(9-11)14(19)17-8-4-7-12(17)13(15)18/h3,5-6,9,12H,4,7-8H2,1-2H3,(H2,15,18)/t12-/m1/s1. The number of nitrogens with zero attached hydrogens (tertiary/aromatic N) is 2. The molecule has 0 radical (unpaired) electrons. The van der Waals surface area contributed by atoms with Crippen LogP contribution in [0.4, 0.5) is 5.69 Å². The van der Waals surface area contributed by atoms with Gasteiger partial charge in [-0.15, -0.1) is 0 Å². The van der Waals surface area contributed by atoms with Gasteiger partial charge in [0.15, 0.2) is 0 Å². The first kappa shape index (κ1) is 13.4. The highest BCUT2D eigenvalue weighted by Crippen LogP contribution is 2.21. The molecule has 1 aliphatic heterocycles. The molecule has 1 atom stereocenters. The van der Waals surface area contributed by atoms with Crippen LogP contribution in [-0.4, -0.2) is 43.4 Å². The summed E-state index contributed by atoms with van der Waals surface area (Å²) in [5, 5.41) is 0. The molecule has 0 aliphatic carbocycles. The molecule has 1 heterocycles. The number of hydrogen-bond acceptors (Lipinski definition) is 3. The second-order valence-corrected chi connectivity index (χ2v) is 5.00. The monoisotopic (exact) mass is 261 g/mol. The van der Waals surface area contributed by atoms with Gasteiger partial charge in [0.05, 0.1) is 0 Å². The van der Waals surface area contributed by atoms with Crippen LogP contribution in [0.1, 0.15) is 23.2 Å². The van der Waals surface area contributed by atoms with E-state index in [1.54, 1.807) is 11.0 Å². The molecule has 5 nitrogen and oxygen atoms in total. The van der Waals surface area contributed by atoms with Crippen molar-refractivity contribution >= 4 is 17.5 Å². The Morgan fingerprint density at radius 2 is 2.11 bits per heavy atom. The highest BCUT2D eigenvalue weighted by atomic mass is 16.2. The first-order valence-electron chi connectivity index (χ1n) is 6.38. The second-order valence-electron chi connectivity index (χ2n) is 5.00. The van der Waals surface area contributed by atoms with Gasteiger partial charge in [-0.3, -0.25) is 9.59 Å². The third-order valence-electron chi connectivity index (χ3n) is 3.45. The van der Waals surface area contributed by atoms with E-state index in [4.69, 9.17) is 5.73 Å². The van der Waals surface area contributed by atoms with Crippen molar-refractivity contribution in [3.05, 3.63) is 29.8 Å². The summed E-state index contributed by atoms with van der Waals surface area (Å²) in [4.78, 5) is 27.3. The van der Waals surface area contributed by atoms with Crippen molar-refractivity contribution in [2.45, 2.75) is 18.9 Å². The number of carbonyl (C=O) groups is 2. The third-order valence-corrected chi connectivity index (χ3v) is 3.45. The van der Waals surface area contributed by atoms with Gasteiger partial charge < -0.3 is 15.5 Å². The normalized spacial score (nSPS) is 18.4. The minimum absolute atomic E-state index is 0.120. The summed E-state index contributed by atoms with van der Waals surface area (Å²) in [6.45, 7) is 0.596. The summed E-state index contributed by atoms with van der Waals surface area (Å²) in [5.41, 5.74) is 6.90. The van der Waals surface area contributed by atoms with E-state index in [1.807, 2.05) is 37.2 Å². The largest absolute Gasteiger partial charge is 0.378 e. The summed E-state index contributed by atoms with van der Waals surface area (Å²) in [6, 6.07) is 6.92. The Morgan fingerprint density at radius 1 is 1.37 bits per heavy atom. The molecular formula is C14H19N3O2. The van der Waals surface area contributed by atoms with Crippen LogP contribution in [-0.2, 0) is 4.79 Å². The fourth-order valence-electron chi connectivity index (χ4n) is 2.39. The minimum atomic E-state index is -0.462. The number of rotatable bonds is 3. The van der Waals surface area contributed by atoms with Gasteiger partial charge in [-0.05, 0) is 31.0 Å². The Hall–Kier alpha value is -2.04. The number of nitrogens with two attached hydrogens (primary N) is 1. The molecule has 2 N–H and O–H groups in total. The third kappa shape index (κ3) is 2.70. The second kappa shape index (κ2) is 5.30. The number of carbonyl (C=O) groups excluding carboxylic acids is 2. The molecule has 1 saturated heterocycles. The average Bonchev–Trinajstić information content (AvgIpc) is 2.87. The predicted octanol–water partition coefficient (Wildman–Crippen LogP) is 0.842. The van der Waals surface area contributed by atoms with Gasteiger partial charge >= 0.3 is 0 Å². The van der Waals surface area contributed by atoms with Crippen molar-refractivity contribution in [2.75, 3.05) is 25.5 Å². The highest BCUT2D eigenvalue weighted by Gasteiger charge is 2.33. The van der Waals surface area contributed by atoms with E-state index in [9.17, 15) is 9.59 Å². The Labute approximate surface area is 113 Å². The number of hydrogen-bond donors (Lipinski definition) is 1. The van der Waals surface area contributed by atoms with Crippen molar-refractivity contribution in [1.29, 1.82) is 0 Å². The van der Waals surface area contributed by atoms with Crippen LogP contribution in [0.25, 0.3) is 0 Å². The maximum atomic E-state index is 12.4. The Balaban J connectivity index is 2.24. The Morgan fingerprint density at radius 3 is 2.74 bits per heavy atom. The number of anilines is 1. The lowest BCUT2D eigenvalue weighted by Crippen LogP contribution is -2.43. The Bertz CT molecular complexity index is 499. The lowest BCUT2D eigenvalue weighted by Gasteiger charge is -2.23. The molecule has 19 heavy (non-hydrogen) atoms. The van der Waals surface area contributed by atoms with E-state index in [1.165, 1.54) is 0 Å². The number of primary amides is 1. The van der Waals surface area contributed by atoms with E-state index >= 15 is 0 Å². The molecular weight excluding hydrogens is 242 g/mol. The summed E-state index contributed by atoms with van der Waals surface area (Å²) in [6.07, 6.45) is 1.49. The summed E-state index contributed by atoms with van der Waals surface area (Å²) < 4.78 is 0. The molecule has 1 aliphatic rings. The fourth-order valence-corrected chi connectivity index (χ4v) is 2.39. The van der Waals surface area contributed by atoms with Crippen LogP contribution in [0.5, 0.6) is 0 Å². The molecule has 0 aromatic heterocycles. The van der Waals surface area contributed by atoms with Gasteiger partial charge in [0.2, 0.25) is 5.91 Å². The zero-order chi connectivity index (χ0) is 14.0. The smallest absolute Gasteiger partial charge is 0.254 e. The molecule has 1 aromatic rings. The fraction of sp³-hybridized carbons (Fsp3) is 0.429.